The van der Waals surface area contributed by atoms with Crippen LogP contribution in [0.3, 0.4) is 0 Å². The Morgan fingerprint density at radius 2 is 2.04 bits per heavy atom. The van der Waals surface area contributed by atoms with Gasteiger partial charge in [-0.2, -0.15) is 0 Å². The smallest absolute Gasteiger partial charge is 0.240 e. The van der Waals surface area contributed by atoms with Crippen molar-refractivity contribution in [2.24, 2.45) is 0 Å². The highest BCUT2D eigenvalue weighted by Crippen LogP contribution is 2.24. The molecule has 2 aromatic rings. The molecule has 0 atom stereocenters. The van der Waals surface area contributed by atoms with Crippen molar-refractivity contribution in [1.29, 1.82) is 0 Å². The molecule has 1 aromatic carbocycles. The molecule has 0 aliphatic heterocycles. The number of carbonyl (C=O) groups excluding carboxylic acids is 1. The Balaban J connectivity index is 1.97. The fourth-order valence-corrected chi connectivity index (χ4v) is 2.84. The van der Waals surface area contributed by atoms with E-state index in [4.69, 9.17) is 0 Å². The van der Waals surface area contributed by atoms with Gasteiger partial charge in [-0.3, -0.25) is 9.69 Å². The Bertz CT molecular complexity index is 681. The van der Waals surface area contributed by atoms with Crippen LogP contribution in [0.25, 0.3) is 11.3 Å². The summed E-state index contributed by atoms with van der Waals surface area (Å²) < 4.78 is 12.9. The predicted octanol–water partition coefficient (Wildman–Crippen LogP) is 3.79. The fourth-order valence-electron chi connectivity index (χ4n) is 2.11. The molecule has 23 heavy (non-hydrogen) atoms. The van der Waals surface area contributed by atoms with Gasteiger partial charge < -0.3 is 5.32 Å². The lowest BCUT2D eigenvalue weighted by atomic mass is 10.2. The topological polar surface area (TPSA) is 45.2 Å². The number of thiazole rings is 1. The van der Waals surface area contributed by atoms with Crippen LogP contribution in [-0.4, -0.2) is 35.4 Å². The molecular formula is C17H20FN3OS. The number of hydrogen-bond acceptors (Lipinski definition) is 4. The van der Waals surface area contributed by atoms with Gasteiger partial charge in [-0.15, -0.1) is 11.3 Å². The fraction of sp³-hybridized carbons (Fsp3) is 0.294. The summed E-state index contributed by atoms with van der Waals surface area (Å²) in [4.78, 5) is 18.5. The van der Waals surface area contributed by atoms with Crippen LogP contribution in [0.5, 0.6) is 0 Å². The third-order valence-corrected chi connectivity index (χ3v) is 3.96. The third kappa shape index (κ3) is 5.26. The molecule has 0 saturated carbocycles. The van der Waals surface area contributed by atoms with E-state index in [9.17, 15) is 9.18 Å². The summed E-state index contributed by atoms with van der Waals surface area (Å²) in [5.41, 5.74) is 2.56. The number of carbonyl (C=O) groups is 1. The highest BCUT2D eigenvalue weighted by atomic mass is 32.1. The van der Waals surface area contributed by atoms with Crippen LogP contribution in [0.1, 0.15) is 13.8 Å². The van der Waals surface area contributed by atoms with Crippen molar-refractivity contribution >= 4 is 22.4 Å². The zero-order valence-electron chi connectivity index (χ0n) is 13.3. The van der Waals surface area contributed by atoms with Gasteiger partial charge in [0.1, 0.15) is 5.82 Å². The second kappa shape index (κ2) is 7.99. The lowest BCUT2D eigenvalue weighted by Crippen LogP contribution is -2.34. The van der Waals surface area contributed by atoms with Crippen LogP contribution in [0, 0.1) is 5.82 Å². The van der Waals surface area contributed by atoms with Crippen molar-refractivity contribution in [3.8, 4) is 11.3 Å². The number of amides is 1. The number of nitrogens with zero attached hydrogens (tertiary/aromatic N) is 2. The average Bonchev–Trinajstić information content (AvgIpc) is 2.95. The van der Waals surface area contributed by atoms with E-state index in [0.717, 1.165) is 23.4 Å². The molecule has 2 rings (SSSR count). The summed E-state index contributed by atoms with van der Waals surface area (Å²) in [6, 6.07) is 6.12. The molecule has 1 heterocycles. The molecule has 6 heteroatoms. The Labute approximate surface area is 139 Å². The molecule has 0 saturated heterocycles. The predicted molar refractivity (Wildman–Crippen MR) is 93.1 cm³/mol. The van der Waals surface area contributed by atoms with Gasteiger partial charge in [0, 0.05) is 17.5 Å². The molecule has 0 aliphatic rings. The average molecular weight is 333 g/mol. The normalized spacial score (nSPS) is 10.8. The molecular weight excluding hydrogens is 313 g/mol. The van der Waals surface area contributed by atoms with E-state index in [-0.39, 0.29) is 11.7 Å². The minimum Gasteiger partial charge on any atom is -0.301 e. The molecule has 0 aliphatic carbocycles. The quantitative estimate of drug-likeness (QED) is 0.784. The van der Waals surface area contributed by atoms with Gasteiger partial charge in [0.15, 0.2) is 5.13 Å². The standard InChI is InChI=1S/C17H20FN3OS/c1-4-21(9-12(2)3)10-16(22)20-17-19-15(11-23-17)13-5-7-14(18)8-6-13/h5-8,11H,2,4,9-10H2,1,3H3,(H,19,20,22). The highest BCUT2D eigenvalue weighted by Gasteiger charge is 2.12. The summed E-state index contributed by atoms with van der Waals surface area (Å²) in [5, 5.41) is 5.19. The summed E-state index contributed by atoms with van der Waals surface area (Å²) in [6.45, 7) is 9.59. The summed E-state index contributed by atoms with van der Waals surface area (Å²) in [6.07, 6.45) is 0. The number of hydrogen-bond donors (Lipinski definition) is 1. The van der Waals surface area contributed by atoms with Crippen LogP contribution >= 0.6 is 11.3 Å². The monoisotopic (exact) mass is 333 g/mol. The van der Waals surface area contributed by atoms with E-state index in [1.807, 2.05) is 24.1 Å². The maximum Gasteiger partial charge on any atom is 0.240 e. The van der Waals surface area contributed by atoms with Crippen LogP contribution in [0.2, 0.25) is 0 Å². The van der Waals surface area contributed by atoms with Crippen LogP contribution in [0.4, 0.5) is 9.52 Å². The molecule has 0 bridgehead atoms. The zero-order valence-corrected chi connectivity index (χ0v) is 14.1. The Kier molecular flexibility index (Phi) is 6.01. The Morgan fingerprint density at radius 1 is 1.35 bits per heavy atom. The third-order valence-electron chi connectivity index (χ3n) is 3.20. The highest BCUT2D eigenvalue weighted by molar-refractivity contribution is 7.14. The first kappa shape index (κ1) is 17.3. The van der Waals surface area contributed by atoms with E-state index in [2.05, 4.69) is 16.9 Å². The SMILES string of the molecule is C=C(C)CN(CC)CC(=O)Nc1nc(-c2ccc(F)cc2)cs1. The van der Waals surface area contributed by atoms with Gasteiger partial charge in [-0.05, 0) is 37.7 Å². The number of nitrogens with one attached hydrogen (secondary N) is 1. The largest absolute Gasteiger partial charge is 0.301 e. The van der Waals surface area contributed by atoms with Crippen molar-refractivity contribution < 1.29 is 9.18 Å². The number of halogens is 1. The van der Waals surface area contributed by atoms with Gasteiger partial charge in [-0.1, -0.05) is 19.1 Å². The molecule has 1 N–H and O–H groups in total. The zero-order chi connectivity index (χ0) is 16.8. The maximum atomic E-state index is 12.9. The van der Waals surface area contributed by atoms with Crippen LogP contribution in [0.15, 0.2) is 41.8 Å². The molecule has 0 spiro atoms. The summed E-state index contributed by atoms with van der Waals surface area (Å²) >= 11 is 1.35. The van der Waals surface area contributed by atoms with Crippen LogP contribution < -0.4 is 5.32 Å². The molecule has 1 aromatic heterocycles. The van der Waals surface area contributed by atoms with Gasteiger partial charge in [0.05, 0.1) is 12.2 Å². The first-order valence-electron chi connectivity index (χ1n) is 7.36. The molecule has 0 radical (unpaired) electrons. The lowest BCUT2D eigenvalue weighted by Gasteiger charge is -2.19. The summed E-state index contributed by atoms with van der Waals surface area (Å²) in [7, 11) is 0. The second-order valence-corrected chi connectivity index (χ2v) is 6.21. The van der Waals surface area contributed by atoms with E-state index in [1.165, 1.54) is 23.5 Å². The maximum absolute atomic E-state index is 12.9. The number of aromatic nitrogens is 1. The lowest BCUT2D eigenvalue weighted by molar-refractivity contribution is -0.117. The molecule has 122 valence electrons. The first-order chi connectivity index (χ1) is 11.0. The molecule has 1 amide bonds. The number of anilines is 1. The van der Waals surface area contributed by atoms with E-state index in [0.29, 0.717) is 18.2 Å². The molecule has 0 fully saturated rings. The van der Waals surface area contributed by atoms with E-state index < -0.39 is 0 Å². The van der Waals surface area contributed by atoms with Crippen molar-refractivity contribution in [1.82, 2.24) is 9.88 Å². The summed E-state index contributed by atoms with van der Waals surface area (Å²) in [5.74, 6) is -0.386. The second-order valence-electron chi connectivity index (χ2n) is 5.35. The molecule has 0 unspecified atom stereocenters. The Hall–Kier alpha value is -2.05. The van der Waals surface area contributed by atoms with Gasteiger partial charge >= 0.3 is 0 Å². The van der Waals surface area contributed by atoms with Gasteiger partial charge in [0.2, 0.25) is 5.91 Å². The minimum absolute atomic E-state index is 0.104. The van der Waals surface area contributed by atoms with Crippen molar-refractivity contribution in [2.75, 3.05) is 25.0 Å². The Morgan fingerprint density at radius 3 is 2.65 bits per heavy atom. The minimum atomic E-state index is -0.283. The van der Waals surface area contributed by atoms with E-state index in [1.54, 1.807) is 12.1 Å². The van der Waals surface area contributed by atoms with Gasteiger partial charge in [-0.25, -0.2) is 9.37 Å². The van der Waals surface area contributed by atoms with Crippen molar-refractivity contribution in [3.05, 3.63) is 47.6 Å². The van der Waals surface area contributed by atoms with E-state index >= 15 is 0 Å². The molecule has 4 nitrogen and oxygen atoms in total. The van der Waals surface area contributed by atoms with Gasteiger partial charge in [0.25, 0.3) is 0 Å². The van der Waals surface area contributed by atoms with Crippen molar-refractivity contribution in [2.45, 2.75) is 13.8 Å². The number of likely N-dealkylation sites (N-methyl/N-ethyl adjacent to an activating group) is 1. The number of rotatable bonds is 7. The number of benzene rings is 1. The first-order valence-corrected chi connectivity index (χ1v) is 8.24. The van der Waals surface area contributed by atoms with Crippen molar-refractivity contribution in [3.63, 3.8) is 0 Å². The van der Waals surface area contributed by atoms with Crippen LogP contribution in [-0.2, 0) is 4.79 Å².